The molecule has 0 heterocycles. The average molecular weight is 424 g/mol. The van der Waals surface area contributed by atoms with E-state index in [0.29, 0.717) is 0 Å². The highest BCUT2D eigenvalue weighted by molar-refractivity contribution is 7.91. The van der Waals surface area contributed by atoms with Gasteiger partial charge >= 0.3 is 0 Å². The predicted molar refractivity (Wildman–Crippen MR) is 103 cm³/mol. The number of methoxy groups -OCH3 is 2. The van der Waals surface area contributed by atoms with Crippen molar-refractivity contribution in [2.75, 3.05) is 24.9 Å². The van der Waals surface area contributed by atoms with Crippen LogP contribution in [0.3, 0.4) is 0 Å². The van der Waals surface area contributed by atoms with Crippen molar-refractivity contribution >= 4 is 33.0 Å². The summed E-state index contributed by atoms with van der Waals surface area (Å²) in [4.78, 5) is 22.0. The van der Waals surface area contributed by atoms with Crippen molar-refractivity contribution in [2.24, 2.45) is 0 Å². The van der Waals surface area contributed by atoms with Crippen LogP contribution in [-0.2, 0) is 19.4 Å². The Hall–Kier alpha value is -3.47. The summed E-state index contributed by atoms with van der Waals surface area (Å²) in [6, 6.07) is 4.10. The van der Waals surface area contributed by atoms with Crippen LogP contribution in [0, 0.1) is 0 Å². The van der Waals surface area contributed by atoms with Crippen LogP contribution in [0.15, 0.2) is 34.1 Å². The summed E-state index contributed by atoms with van der Waals surface area (Å²) in [6.07, 6.45) is 0. The van der Waals surface area contributed by atoms with Crippen LogP contribution in [0.1, 0.15) is 13.8 Å². The fourth-order valence-corrected chi connectivity index (χ4v) is 3.97. The Morgan fingerprint density at radius 3 is 1.41 bits per heavy atom. The van der Waals surface area contributed by atoms with Gasteiger partial charge in [-0.25, -0.2) is 8.42 Å². The van der Waals surface area contributed by atoms with Crippen LogP contribution in [0.25, 0.3) is 0 Å². The van der Waals surface area contributed by atoms with E-state index < -0.39 is 33.2 Å². The number of aromatic hydroxyl groups is 2. The number of phenolic OH excluding ortho intramolecular Hbond substituents is 2. The quantitative estimate of drug-likeness (QED) is 0.548. The summed E-state index contributed by atoms with van der Waals surface area (Å²) >= 11 is 0. The van der Waals surface area contributed by atoms with Gasteiger partial charge in [0, 0.05) is 26.0 Å². The van der Waals surface area contributed by atoms with Gasteiger partial charge in [0.05, 0.1) is 35.4 Å². The van der Waals surface area contributed by atoms with Gasteiger partial charge in [0.25, 0.3) is 0 Å². The number of anilines is 2. The number of hydrogen-bond acceptors (Lipinski definition) is 8. The van der Waals surface area contributed by atoms with E-state index in [0.717, 1.165) is 24.3 Å². The third kappa shape index (κ3) is 4.51. The van der Waals surface area contributed by atoms with Gasteiger partial charge in [-0.2, -0.15) is 0 Å². The van der Waals surface area contributed by atoms with Crippen molar-refractivity contribution in [2.45, 2.75) is 23.6 Å². The van der Waals surface area contributed by atoms with Gasteiger partial charge in [-0.15, -0.1) is 0 Å². The van der Waals surface area contributed by atoms with E-state index in [-0.39, 0.29) is 32.7 Å². The third-order valence-corrected chi connectivity index (χ3v) is 5.45. The lowest BCUT2D eigenvalue weighted by Gasteiger charge is -2.15. The lowest BCUT2D eigenvalue weighted by molar-refractivity contribution is -0.115. The molecule has 0 aliphatic rings. The minimum absolute atomic E-state index is 0.0570. The molecule has 0 radical (unpaired) electrons. The number of benzene rings is 2. The van der Waals surface area contributed by atoms with Gasteiger partial charge < -0.3 is 30.3 Å². The Morgan fingerprint density at radius 2 is 1.14 bits per heavy atom. The average Bonchev–Trinajstić information content (AvgIpc) is 2.60. The Labute approximate surface area is 167 Å². The Morgan fingerprint density at radius 1 is 0.793 bits per heavy atom. The first-order valence-electron chi connectivity index (χ1n) is 8.13. The lowest BCUT2D eigenvalue weighted by atomic mass is 10.2. The minimum Gasteiger partial charge on any atom is -0.504 e. The summed E-state index contributed by atoms with van der Waals surface area (Å²) in [7, 11) is -1.79. The highest BCUT2D eigenvalue weighted by Crippen LogP contribution is 2.41. The van der Waals surface area contributed by atoms with E-state index in [2.05, 4.69) is 10.6 Å². The zero-order valence-corrected chi connectivity index (χ0v) is 16.9. The van der Waals surface area contributed by atoms with Crippen molar-refractivity contribution in [1.82, 2.24) is 0 Å². The SMILES string of the molecule is COc1c(O)cc(S(=O)(=O)c2cc(O)c(OC)c(NC(C)=O)c2)cc1NC(C)=O. The molecule has 0 aromatic heterocycles. The second kappa shape index (κ2) is 8.27. The van der Waals surface area contributed by atoms with Crippen molar-refractivity contribution in [1.29, 1.82) is 0 Å². The normalized spacial score (nSPS) is 10.9. The van der Waals surface area contributed by atoms with E-state index in [1.54, 1.807) is 0 Å². The number of rotatable bonds is 6. The largest absolute Gasteiger partial charge is 0.504 e. The fourth-order valence-electron chi connectivity index (χ4n) is 2.62. The highest BCUT2D eigenvalue weighted by atomic mass is 32.2. The molecule has 0 fully saturated rings. The summed E-state index contributed by atoms with van der Waals surface area (Å²) in [6.45, 7) is 2.41. The van der Waals surface area contributed by atoms with Crippen molar-refractivity contribution in [3.05, 3.63) is 24.3 Å². The summed E-state index contributed by atoms with van der Waals surface area (Å²) in [5.41, 5.74) is -0.114. The number of amides is 2. The maximum atomic E-state index is 13.1. The molecule has 0 spiro atoms. The van der Waals surface area contributed by atoms with Crippen molar-refractivity contribution in [3.63, 3.8) is 0 Å². The molecule has 0 bridgehead atoms. The first kappa shape index (κ1) is 21.8. The highest BCUT2D eigenvalue weighted by Gasteiger charge is 2.25. The molecule has 0 atom stereocenters. The van der Waals surface area contributed by atoms with Crippen LogP contribution in [0.4, 0.5) is 11.4 Å². The number of carbonyl (C=O) groups is 2. The molecule has 2 aromatic rings. The number of hydrogen-bond donors (Lipinski definition) is 4. The summed E-state index contributed by atoms with van der Waals surface area (Å²) in [5, 5.41) is 25.0. The predicted octanol–water partition coefficient (Wildman–Crippen LogP) is 1.86. The molecule has 156 valence electrons. The van der Waals surface area contributed by atoms with Gasteiger partial charge in [0.15, 0.2) is 23.0 Å². The number of ether oxygens (including phenoxy) is 2. The molecule has 29 heavy (non-hydrogen) atoms. The molecular formula is C18H20N2O8S. The van der Waals surface area contributed by atoms with Crippen molar-refractivity contribution < 1.29 is 37.7 Å². The standard InChI is InChI=1S/C18H20N2O8S/c1-9(21)19-13-5-11(7-15(23)17(13)27-3)29(25,26)12-6-14(20-10(2)22)18(28-4)16(24)8-12/h5-8,23-24H,1-4H3,(H,19,21)(H,20,22). The maximum Gasteiger partial charge on any atom is 0.221 e. The van der Waals surface area contributed by atoms with Crippen LogP contribution >= 0.6 is 0 Å². The number of nitrogens with one attached hydrogen (secondary N) is 2. The molecule has 0 aliphatic heterocycles. The molecule has 0 aliphatic carbocycles. The zero-order chi connectivity index (χ0) is 21.9. The molecule has 4 N–H and O–H groups in total. The molecular weight excluding hydrogens is 404 g/mol. The van der Waals surface area contributed by atoms with Gasteiger partial charge in [-0.1, -0.05) is 0 Å². The van der Waals surface area contributed by atoms with Gasteiger partial charge in [0.2, 0.25) is 21.7 Å². The maximum absolute atomic E-state index is 13.1. The lowest BCUT2D eigenvalue weighted by Crippen LogP contribution is -2.11. The van der Waals surface area contributed by atoms with Gasteiger partial charge in [-0.05, 0) is 12.1 Å². The van der Waals surface area contributed by atoms with E-state index in [4.69, 9.17) is 9.47 Å². The molecule has 2 rings (SSSR count). The van der Waals surface area contributed by atoms with Gasteiger partial charge in [0.1, 0.15) is 0 Å². The molecule has 0 saturated heterocycles. The van der Waals surface area contributed by atoms with Gasteiger partial charge in [-0.3, -0.25) is 9.59 Å². The topological polar surface area (TPSA) is 151 Å². The first-order valence-corrected chi connectivity index (χ1v) is 9.61. The second-order valence-corrected chi connectivity index (χ2v) is 7.86. The van der Waals surface area contributed by atoms with E-state index in [1.807, 2.05) is 0 Å². The molecule has 0 unspecified atom stereocenters. The van der Waals surface area contributed by atoms with Crippen LogP contribution in [0.2, 0.25) is 0 Å². The van der Waals surface area contributed by atoms with Crippen LogP contribution in [-0.4, -0.2) is 44.7 Å². The fraction of sp³-hybridized carbons (Fsp3) is 0.222. The van der Waals surface area contributed by atoms with Crippen molar-refractivity contribution in [3.8, 4) is 23.0 Å². The Kier molecular flexibility index (Phi) is 6.22. The van der Waals surface area contributed by atoms with Crippen LogP contribution in [0.5, 0.6) is 23.0 Å². The number of carbonyl (C=O) groups excluding carboxylic acids is 2. The second-order valence-electron chi connectivity index (χ2n) is 5.91. The molecule has 2 amide bonds. The molecule has 0 saturated carbocycles. The third-order valence-electron chi connectivity index (χ3n) is 3.74. The van der Waals surface area contributed by atoms with E-state index >= 15 is 0 Å². The number of sulfone groups is 1. The van der Waals surface area contributed by atoms with E-state index in [1.165, 1.54) is 28.1 Å². The monoisotopic (exact) mass is 424 g/mol. The molecule has 2 aromatic carbocycles. The Bertz CT molecular complexity index is 1000. The smallest absolute Gasteiger partial charge is 0.221 e. The first-order chi connectivity index (χ1) is 13.5. The minimum atomic E-state index is -4.28. The summed E-state index contributed by atoms with van der Waals surface area (Å²) in [5.74, 6) is -2.28. The van der Waals surface area contributed by atoms with E-state index in [9.17, 15) is 28.2 Å². The zero-order valence-electron chi connectivity index (χ0n) is 16.1. The Balaban J connectivity index is 2.69. The molecule has 10 nitrogen and oxygen atoms in total. The number of phenols is 2. The molecule has 11 heteroatoms. The summed E-state index contributed by atoms with van der Waals surface area (Å²) < 4.78 is 36.2. The van der Waals surface area contributed by atoms with Crippen LogP contribution < -0.4 is 20.1 Å².